The van der Waals surface area contributed by atoms with Crippen LogP contribution in [0.15, 0.2) is 36.7 Å². The van der Waals surface area contributed by atoms with Gasteiger partial charge in [0, 0.05) is 18.8 Å². The molecule has 0 aliphatic heterocycles. The first kappa shape index (κ1) is 12.3. The summed E-state index contributed by atoms with van der Waals surface area (Å²) < 4.78 is 0. The summed E-state index contributed by atoms with van der Waals surface area (Å²) >= 11 is 4.81. The first-order valence-corrected chi connectivity index (χ1v) is 5.63. The lowest BCUT2D eigenvalue weighted by Crippen LogP contribution is -2.15. The molecule has 0 spiro atoms. The number of aromatic hydroxyl groups is 1. The molecule has 5 nitrogen and oxygen atoms in total. The second-order valence-electron chi connectivity index (χ2n) is 3.70. The zero-order valence-corrected chi connectivity index (χ0v) is 10.6. The Bertz CT molecular complexity index is 571. The predicted octanol–water partition coefficient (Wildman–Crippen LogP) is 1.58. The summed E-state index contributed by atoms with van der Waals surface area (Å²) in [6.07, 6.45) is 3.11. The van der Waals surface area contributed by atoms with Gasteiger partial charge in [-0.05, 0) is 12.1 Å². The van der Waals surface area contributed by atoms with Gasteiger partial charge in [0.05, 0.1) is 12.4 Å². The van der Waals surface area contributed by atoms with Crippen LogP contribution in [0.5, 0.6) is 5.75 Å². The summed E-state index contributed by atoms with van der Waals surface area (Å²) in [4.78, 5) is 10.4. The van der Waals surface area contributed by atoms with Crippen LogP contribution in [0.3, 0.4) is 0 Å². The van der Waals surface area contributed by atoms with Gasteiger partial charge in [-0.3, -0.25) is 0 Å². The Morgan fingerprint density at radius 1 is 1.33 bits per heavy atom. The van der Waals surface area contributed by atoms with Crippen molar-refractivity contribution < 1.29 is 5.11 Å². The molecular formula is C12H12N4OS. The van der Waals surface area contributed by atoms with Crippen LogP contribution in [-0.2, 0) is 0 Å². The fourth-order valence-electron chi connectivity index (χ4n) is 1.46. The highest BCUT2D eigenvalue weighted by Crippen LogP contribution is 2.24. The van der Waals surface area contributed by atoms with Crippen molar-refractivity contribution in [3.63, 3.8) is 0 Å². The van der Waals surface area contributed by atoms with Gasteiger partial charge in [0.25, 0.3) is 0 Å². The number of hydrogen-bond acceptors (Lipinski definition) is 5. The van der Waals surface area contributed by atoms with E-state index in [0.29, 0.717) is 11.5 Å². The minimum Gasteiger partial charge on any atom is -0.508 e. The van der Waals surface area contributed by atoms with Crippen LogP contribution in [0.25, 0.3) is 0 Å². The number of phenolic OH excluding ortho intramolecular Hbond substituents is 1. The van der Waals surface area contributed by atoms with Crippen molar-refractivity contribution in [3.05, 3.63) is 42.4 Å². The fourth-order valence-corrected chi connectivity index (χ4v) is 1.56. The van der Waals surface area contributed by atoms with Crippen molar-refractivity contribution >= 4 is 28.7 Å². The molecule has 0 bridgehead atoms. The van der Waals surface area contributed by atoms with Crippen molar-refractivity contribution in [3.8, 4) is 5.75 Å². The molecule has 0 atom stereocenters. The monoisotopic (exact) mass is 260 g/mol. The SMILES string of the molecule is CN(c1cccc(O)c1)c1cnc(C(N)=S)cn1. The van der Waals surface area contributed by atoms with Gasteiger partial charge < -0.3 is 15.7 Å². The van der Waals surface area contributed by atoms with E-state index in [1.165, 1.54) is 6.20 Å². The molecule has 3 N–H and O–H groups in total. The van der Waals surface area contributed by atoms with E-state index in [1.807, 2.05) is 13.1 Å². The first-order valence-electron chi connectivity index (χ1n) is 5.22. The average Bonchev–Trinajstić information content (AvgIpc) is 2.38. The molecule has 0 aliphatic rings. The van der Waals surface area contributed by atoms with Crippen LogP contribution in [-0.4, -0.2) is 27.1 Å². The lowest BCUT2D eigenvalue weighted by Gasteiger charge is -2.18. The highest BCUT2D eigenvalue weighted by molar-refractivity contribution is 7.80. The largest absolute Gasteiger partial charge is 0.508 e. The maximum atomic E-state index is 9.43. The van der Waals surface area contributed by atoms with Crippen molar-refractivity contribution in [1.82, 2.24) is 9.97 Å². The minimum atomic E-state index is 0.201. The highest BCUT2D eigenvalue weighted by atomic mass is 32.1. The third kappa shape index (κ3) is 2.54. The van der Waals surface area contributed by atoms with E-state index >= 15 is 0 Å². The molecule has 6 heteroatoms. The van der Waals surface area contributed by atoms with Gasteiger partial charge in [0.1, 0.15) is 16.4 Å². The van der Waals surface area contributed by atoms with Gasteiger partial charge in [-0.15, -0.1) is 0 Å². The molecule has 0 radical (unpaired) electrons. The van der Waals surface area contributed by atoms with Gasteiger partial charge >= 0.3 is 0 Å². The second kappa shape index (κ2) is 4.97. The van der Waals surface area contributed by atoms with Crippen LogP contribution in [0.1, 0.15) is 5.69 Å². The van der Waals surface area contributed by atoms with Crippen LogP contribution < -0.4 is 10.6 Å². The smallest absolute Gasteiger partial charge is 0.151 e. The molecule has 0 saturated heterocycles. The first-order chi connectivity index (χ1) is 8.58. The topological polar surface area (TPSA) is 75.3 Å². The summed E-state index contributed by atoms with van der Waals surface area (Å²) in [6.45, 7) is 0. The van der Waals surface area contributed by atoms with Crippen molar-refractivity contribution in [2.45, 2.75) is 0 Å². The molecule has 1 aromatic carbocycles. The van der Waals surface area contributed by atoms with Gasteiger partial charge in [-0.1, -0.05) is 18.3 Å². The Morgan fingerprint density at radius 2 is 2.11 bits per heavy atom. The van der Waals surface area contributed by atoms with E-state index in [-0.39, 0.29) is 10.7 Å². The predicted molar refractivity (Wildman–Crippen MR) is 74.1 cm³/mol. The number of anilines is 2. The summed E-state index contributed by atoms with van der Waals surface area (Å²) in [5, 5.41) is 9.43. The molecule has 2 aromatic rings. The normalized spacial score (nSPS) is 10.1. The summed E-state index contributed by atoms with van der Waals surface area (Å²) in [7, 11) is 1.83. The maximum absolute atomic E-state index is 9.43. The van der Waals surface area contributed by atoms with Crippen LogP contribution in [0.2, 0.25) is 0 Å². The Labute approximate surface area is 110 Å². The van der Waals surface area contributed by atoms with Crippen molar-refractivity contribution in [1.29, 1.82) is 0 Å². The van der Waals surface area contributed by atoms with E-state index in [1.54, 1.807) is 29.3 Å². The number of nitrogens with two attached hydrogens (primary N) is 1. The third-order valence-corrected chi connectivity index (χ3v) is 2.66. The molecule has 2 rings (SSSR count). The third-order valence-electron chi connectivity index (χ3n) is 2.45. The second-order valence-corrected chi connectivity index (χ2v) is 4.14. The van der Waals surface area contributed by atoms with Crippen LogP contribution in [0, 0.1) is 0 Å². The lowest BCUT2D eigenvalue weighted by atomic mass is 10.3. The van der Waals surface area contributed by atoms with Crippen molar-refractivity contribution in [2.75, 3.05) is 11.9 Å². The van der Waals surface area contributed by atoms with Crippen LogP contribution in [0.4, 0.5) is 11.5 Å². The van der Waals surface area contributed by atoms with E-state index in [9.17, 15) is 5.11 Å². The van der Waals surface area contributed by atoms with E-state index in [4.69, 9.17) is 18.0 Å². The average molecular weight is 260 g/mol. The maximum Gasteiger partial charge on any atom is 0.151 e. The Morgan fingerprint density at radius 3 is 2.67 bits per heavy atom. The number of thiocarbonyl (C=S) groups is 1. The lowest BCUT2D eigenvalue weighted by molar-refractivity contribution is 0.475. The van der Waals surface area contributed by atoms with Gasteiger partial charge in [0.15, 0.2) is 5.82 Å². The Hall–Kier alpha value is -2.21. The summed E-state index contributed by atoms with van der Waals surface area (Å²) in [5.74, 6) is 0.840. The van der Waals surface area contributed by atoms with E-state index in [0.717, 1.165) is 5.69 Å². The van der Waals surface area contributed by atoms with E-state index < -0.39 is 0 Å². The minimum absolute atomic E-state index is 0.201. The number of rotatable bonds is 3. The highest BCUT2D eigenvalue weighted by Gasteiger charge is 2.07. The molecule has 1 aromatic heterocycles. The van der Waals surface area contributed by atoms with Crippen molar-refractivity contribution in [2.24, 2.45) is 5.73 Å². The number of hydrogen-bond donors (Lipinski definition) is 2. The molecule has 0 unspecified atom stereocenters. The quantitative estimate of drug-likeness (QED) is 0.816. The standard InChI is InChI=1S/C12H12N4OS/c1-16(8-3-2-4-9(17)5-8)11-7-14-10(6-15-11)12(13)18/h2-7,17H,1H3,(H2,13,18). The number of aromatic nitrogens is 2. The van der Waals surface area contributed by atoms with Crippen LogP contribution >= 0.6 is 12.2 Å². The number of nitrogens with zero attached hydrogens (tertiary/aromatic N) is 3. The van der Waals surface area contributed by atoms with E-state index in [2.05, 4.69) is 9.97 Å². The Balaban J connectivity index is 2.28. The zero-order valence-electron chi connectivity index (χ0n) is 9.74. The molecule has 0 aliphatic carbocycles. The molecule has 0 fully saturated rings. The molecule has 92 valence electrons. The zero-order chi connectivity index (χ0) is 13.1. The van der Waals surface area contributed by atoms with Gasteiger partial charge in [0.2, 0.25) is 0 Å². The molecular weight excluding hydrogens is 248 g/mol. The molecule has 0 saturated carbocycles. The fraction of sp³-hybridized carbons (Fsp3) is 0.0833. The summed E-state index contributed by atoms with van der Waals surface area (Å²) in [6, 6.07) is 6.88. The number of phenols is 1. The number of benzene rings is 1. The van der Waals surface area contributed by atoms with Gasteiger partial charge in [-0.2, -0.15) is 0 Å². The Kier molecular flexibility index (Phi) is 3.38. The molecule has 1 heterocycles. The molecule has 0 amide bonds. The summed E-state index contributed by atoms with van der Waals surface area (Å²) in [5.41, 5.74) is 6.75. The van der Waals surface area contributed by atoms with Gasteiger partial charge in [-0.25, -0.2) is 9.97 Å². The molecule has 18 heavy (non-hydrogen) atoms.